The number of anilines is 1. The van der Waals surface area contributed by atoms with E-state index in [0.29, 0.717) is 23.7 Å². The molecule has 126 valence electrons. The van der Waals surface area contributed by atoms with Crippen LogP contribution in [0.1, 0.15) is 49.4 Å². The van der Waals surface area contributed by atoms with Crippen LogP contribution in [0.15, 0.2) is 24.3 Å². The molecule has 1 aromatic rings. The van der Waals surface area contributed by atoms with E-state index in [2.05, 4.69) is 10.2 Å². The molecule has 1 saturated heterocycles. The van der Waals surface area contributed by atoms with Crippen LogP contribution in [0.2, 0.25) is 0 Å². The number of rotatable bonds is 7. The molecule has 0 radical (unpaired) electrons. The molecule has 0 bridgehead atoms. The first kappa shape index (κ1) is 17.6. The van der Waals surface area contributed by atoms with Gasteiger partial charge in [-0.05, 0) is 57.0 Å². The zero-order chi connectivity index (χ0) is 16.7. The van der Waals surface area contributed by atoms with E-state index in [0.717, 1.165) is 32.4 Å². The number of hydrogen-bond acceptors (Lipinski definition) is 4. The lowest BCUT2D eigenvalue weighted by molar-refractivity contribution is -0.116. The topological polar surface area (TPSA) is 69.6 Å². The second-order valence-electron chi connectivity index (χ2n) is 6.13. The summed E-state index contributed by atoms with van der Waals surface area (Å²) in [6, 6.07) is 7.35. The number of ketones is 1. The van der Waals surface area contributed by atoms with Gasteiger partial charge in [0, 0.05) is 36.9 Å². The van der Waals surface area contributed by atoms with Crippen molar-refractivity contribution >= 4 is 17.4 Å². The van der Waals surface area contributed by atoms with Crippen molar-refractivity contribution in [1.82, 2.24) is 4.90 Å². The normalized spacial score (nSPS) is 18.6. The first-order chi connectivity index (χ1) is 11.1. The summed E-state index contributed by atoms with van der Waals surface area (Å²) in [6.07, 6.45) is 4.70. The summed E-state index contributed by atoms with van der Waals surface area (Å²) >= 11 is 0. The van der Waals surface area contributed by atoms with Crippen LogP contribution in [0.25, 0.3) is 0 Å². The molecule has 0 unspecified atom stereocenters. The van der Waals surface area contributed by atoms with Crippen molar-refractivity contribution in [3.8, 4) is 0 Å². The number of aliphatic hydroxyl groups is 1. The molecule has 23 heavy (non-hydrogen) atoms. The van der Waals surface area contributed by atoms with Crippen LogP contribution in [0.5, 0.6) is 0 Å². The third kappa shape index (κ3) is 5.44. The predicted molar refractivity (Wildman–Crippen MR) is 90.6 cm³/mol. The van der Waals surface area contributed by atoms with Crippen LogP contribution >= 0.6 is 0 Å². The Morgan fingerprint density at radius 1 is 1.26 bits per heavy atom. The van der Waals surface area contributed by atoms with Gasteiger partial charge in [0.25, 0.3) is 0 Å². The Morgan fingerprint density at radius 3 is 2.65 bits per heavy atom. The summed E-state index contributed by atoms with van der Waals surface area (Å²) in [5, 5.41) is 12.0. The average Bonchev–Trinajstić information content (AvgIpc) is 2.55. The molecule has 0 spiro atoms. The quantitative estimate of drug-likeness (QED) is 0.758. The van der Waals surface area contributed by atoms with Gasteiger partial charge in [0.15, 0.2) is 5.78 Å². The first-order valence-electron chi connectivity index (χ1n) is 8.36. The van der Waals surface area contributed by atoms with Crippen molar-refractivity contribution in [2.24, 2.45) is 0 Å². The molecule has 2 N–H and O–H groups in total. The van der Waals surface area contributed by atoms with Crippen LogP contribution in [-0.4, -0.2) is 47.4 Å². The van der Waals surface area contributed by atoms with Crippen molar-refractivity contribution < 1.29 is 14.7 Å². The Hall–Kier alpha value is -1.72. The molecule has 1 aromatic carbocycles. The zero-order valence-electron chi connectivity index (χ0n) is 13.8. The second kappa shape index (κ2) is 8.79. The largest absolute Gasteiger partial charge is 0.396 e. The minimum atomic E-state index is -0.0195. The van der Waals surface area contributed by atoms with E-state index in [9.17, 15) is 9.59 Å². The Balaban J connectivity index is 1.81. The average molecular weight is 318 g/mol. The van der Waals surface area contributed by atoms with Gasteiger partial charge < -0.3 is 10.4 Å². The molecule has 0 aliphatic carbocycles. The van der Waals surface area contributed by atoms with E-state index in [1.807, 2.05) is 0 Å². The molecule has 0 aromatic heterocycles. The molecule has 1 aliphatic heterocycles. The summed E-state index contributed by atoms with van der Waals surface area (Å²) in [7, 11) is 0. The van der Waals surface area contributed by atoms with Gasteiger partial charge in [-0.25, -0.2) is 0 Å². The molecule has 2 rings (SSSR count). The monoisotopic (exact) mass is 318 g/mol. The van der Waals surface area contributed by atoms with Gasteiger partial charge in [-0.15, -0.1) is 0 Å². The van der Waals surface area contributed by atoms with Crippen LogP contribution in [-0.2, 0) is 4.79 Å². The van der Waals surface area contributed by atoms with Gasteiger partial charge in [-0.1, -0.05) is 6.42 Å². The number of nitrogens with one attached hydrogen (secondary N) is 1. The lowest BCUT2D eigenvalue weighted by Crippen LogP contribution is -2.41. The second-order valence-corrected chi connectivity index (χ2v) is 6.13. The number of aliphatic hydroxyl groups excluding tert-OH is 1. The van der Waals surface area contributed by atoms with Gasteiger partial charge in [0.1, 0.15) is 0 Å². The van der Waals surface area contributed by atoms with E-state index in [1.54, 1.807) is 24.3 Å². The van der Waals surface area contributed by atoms with Gasteiger partial charge in [-0.2, -0.15) is 0 Å². The predicted octanol–water partition coefficient (Wildman–Crippen LogP) is 2.45. The summed E-state index contributed by atoms with van der Waals surface area (Å²) in [5.74, 6) is -0.00297. The van der Waals surface area contributed by atoms with Crippen molar-refractivity contribution in [1.29, 1.82) is 0 Å². The Kier molecular flexibility index (Phi) is 6.74. The number of carbonyl (C=O) groups excluding carboxylic acids is 2. The Labute approximate surface area is 137 Å². The standard InChI is InChI=1S/C18H26N2O3/c1-14(22)15-5-7-16(8-6-15)19-18(23)9-12-20-11-3-2-4-17(20)10-13-21/h5-8,17,21H,2-4,9-13H2,1H3,(H,19,23)/t17-/m0/s1. The number of piperidine rings is 1. The molecule has 1 atom stereocenters. The maximum Gasteiger partial charge on any atom is 0.225 e. The molecule has 1 aliphatic rings. The number of amides is 1. The summed E-state index contributed by atoms with van der Waals surface area (Å²) in [4.78, 5) is 25.6. The van der Waals surface area contributed by atoms with Crippen molar-refractivity contribution in [2.75, 3.05) is 25.0 Å². The summed E-state index contributed by atoms with van der Waals surface area (Å²) in [6.45, 7) is 3.46. The zero-order valence-corrected chi connectivity index (χ0v) is 13.8. The fourth-order valence-corrected chi connectivity index (χ4v) is 3.09. The van der Waals surface area contributed by atoms with Crippen LogP contribution in [0, 0.1) is 0 Å². The highest BCUT2D eigenvalue weighted by Crippen LogP contribution is 2.19. The van der Waals surface area contributed by atoms with E-state index >= 15 is 0 Å². The molecule has 1 heterocycles. The van der Waals surface area contributed by atoms with E-state index in [4.69, 9.17) is 5.11 Å². The highest BCUT2D eigenvalue weighted by Gasteiger charge is 2.22. The van der Waals surface area contributed by atoms with Crippen molar-refractivity contribution in [3.05, 3.63) is 29.8 Å². The van der Waals surface area contributed by atoms with Gasteiger partial charge in [-0.3, -0.25) is 14.5 Å². The lowest BCUT2D eigenvalue weighted by Gasteiger charge is -2.35. The van der Waals surface area contributed by atoms with Crippen LogP contribution in [0.4, 0.5) is 5.69 Å². The number of nitrogens with zero attached hydrogens (tertiary/aromatic N) is 1. The first-order valence-corrected chi connectivity index (χ1v) is 8.36. The van der Waals surface area contributed by atoms with Crippen LogP contribution in [0.3, 0.4) is 0 Å². The smallest absolute Gasteiger partial charge is 0.225 e. The van der Waals surface area contributed by atoms with E-state index < -0.39 is 0 Å². The number of benzene rings is 1. The van der Waals surface area contributed by atoms with Crippen LogP contribution < -0.4 is 5.32 Å². The van der Waals surface area contributed by atoms with E-state index in [1.165, 1.54) is 13.3 Å². The highest BCUT2D eigenvalue weighted by atomic mass is 16.3. The molecule has 1 fully saturated rings. The number of carbonyl (C=O) groups is 2. The van der Waals surface area contributed by atoms with Gasteiger partial charge in [0.2, 0.25) is 5.91 Å². The summed E-state index contributed by atoms with van der Waals surface area (Å²) in [5.41, 5.74) is 1.36. The number of likely N-dealkylation sites (tertiary alicyclic amines) is 1. The SMILES string of the molecule is CC(=O)c1ccc(NC(=O)CCN2CCCC[C@H]2CCO)cc1. The Bertz CT molecular complexity index is 526. The van der Waals surface area contributed by atoms with E-state index in [-0.39, 0.29) is 18.3 Å². The lowest BCUT2D eigenvalue weighted by atomic mass is 9.99. The molecule has 5 nitrogen and oxygen atoms in total. The van der Waals surface area contributed by atoms with Gasteiger partial charge >= 0.3 is 0 Å². The van der Waals surface area contributed by atoms with Crippen molar-refractivity contribution in [2.45, 2.75) is 45.1 Å². The third-order valence-corrected chi connectivity index (χ3v) is 4.41. The third-order valence-electron chi connectivity index (χ3n) is 4.41. The fraction of sp³-hybridized carbons (Fsp3) is 0.556. The molecular formula is C18H26N2O3. The maximum absolute atomic E-state index is 12.1. The van der Waals surface area contributed by atoms with Crippen molar-refractivity contribution in [3.63, 3.8) is 0 Å². The number of Topliss-reactive ketones (excluding diaryl/α,β-unsaturated/α-hetero) is 1. The summed E-state index contributed by atoms with van der Waals surface area (Å²) < 4.78 is 0. The Morgan fingerprint density at radius 2 is 2.00 bits per heavy atom. The number of hydrogen-bond donors (Lipinski definition) is 2. The van der Waals surface area contributed by atoms with Gasteiger partial charge in [0.05, 0.1) is 0 Å². The molecule has 1 amide bonds. The minimum Gasteiger partial charge on any atom is -0.396 e. The fourth-order valence-electron chi connectivity index (χ4n) is 3.09. The minimum absolute atomic E-state index is 0.0166. The molecule has 0 saturated carbocycles. The maximum atomic E-state index is 12.1. The molecule has 5 heteroatoms. The highest BCUT2D eigenvalue weighted by molar-refractivity contribution is 5.95. The molecular weight excluding hydrogens is 292 g/mol.